The van der Waals surface area contributed by atoms with Gasteiger partial charge in [-0.3, -0.25) is 19.2 Å². The van der Waals surface area contributed by atoms with Crippen molar-refractivity contribution in [3.63, 3.8) is 0 Å². The van der Waals surface area contributed by atoms with E-state index in [4.69, 9.17) is 0 Å². The minimum atomic E-state index is -0.470. The third kappa shape index (κ3) is 12.7. The first-order chi connectivity index (χ1) is 9.70. The summed E-state index contributed by atoms with van der Waals surface area (Å²) in [6.07, 6.45) is 8.20. The zero-order chi connectivity index (χ0) is 15.1. The molecule has 0 spiro atoms. The second kappa shape index (κ2) is 13.7. The van der Waals surface area contributed by atoms with Crippen LogP contribution in [0, 0.1) is 0 Å². The Labute approximate surface area is 118 Å². The van der Waals surface area contributed by atoms with Gasteiger partial charge in [-0.05, 0) is 12.8 Å². The summed E-state index contributed by atoms with van der Waals surface area (Å²) >= 11 is 0. The third-order valence-electron chi connectivity index (χ3n) is 2.87. The zero-order valence-corrected chi connectivity index (χ0v) is 11.7. The highest BCUT2D eigenvalue weighted by molar-refractivity contribution is 5.76. The van der Waals surface area contributed by atoms with Crippen molar-refractivity contribution in [3.8, 4) is 0 Å². The van der Waals surface area contributed by atoms with E-state index in [1.54, 1.807) is 0 Å². The topological polar surface area (TPSA) is 86.7 Å². The fraction of sp³-hybridized carbons (Fsp3) is 0.714. The van der Waals surface area contributed by atoms with Crippen LogP contribution in [0.15, 0.2) is 0 Å². The number of rotatable bonds is 13. The van der Waals surface area contributed by atoms with Crippen molar-refractivity contribution >= 4 is 24.9 Å². The van der Waals surface area contributed by atoms with Gasteiger partial charge in [0.15, 0.2) is 0 Å². The highest BCUT2D eigenvalue weighted by atomic mass is 16.6. The largest absolute Gasteiger partial charge is 0.395 e. The standard InChI is InChI=1S/C14H22O6/c15-11-19-13(17)9-7-5-3-1-2-4-6-8-10-14(18)20-12-16/h11-12H,1-10H2. The Balaban J connectivity index is 3.17. The first-order valence-electron chi connectivity index (χ1n) is 6.97. The molecule has 6 nitrogen and oxygen atoms in total. The Morgan fingerprint density at radius 3 is 1.20 bits per heavy atom. The van der Waals surface area contributed by atoms with Crippen LogP contribution < -0.4 is 0 Å². The second-order valence-electron chi connectivity index (χ2n) is 4.50. The van der Waals surface area contributed by atoms with E-state index in [1.807, 2.05) is 0 Å². The lowest BCUT2D eigenvalue weighted by Crippen LogP contribution is -2.02. The van der Waals surface area contributed by atoms with Crippen LogP contribution in [-0.2, 0) is 28.7 Å². The number of esters is 2. The van der Waals surface area contributed by atoms with Gasteiger partial charge in [-0.15, -0.1) is 0 Å². The van der Waals surface area contributed by atoms with Crippen LogP contribution in [0.25, 0.3) is 0 Å². The molecule has 0 aromatic carbocycles. The van der Waals surface area contributed by atoms with Gasteiger partial charge in [-0.2, -0.15) is 0 Å². The van der Waals surface area contributed by atoms with Gasteiger partial charge in [0, 0.05) is 12.8 Å². The van der Waals surface area contributed by atoms with E-state index in [1.165, 1.54) is 0 Å². The van der Waals surface area contributed by atoms with E-state index in [2.05, 4.69) is 9.47 Å². The van der Waals surface area contributed by atoms with Crippen LogP contribution >= 0.6 is 0 Å². The lowest BCUT2D eigenvalue weighted by atomic mass is 10.1. The first-order valence-corrected chi connectivity index (χ1v) is 6.97. The number of unbranched alkanes of at least 4 members (excludes halogenated alkanes) is 7. The van der Waals surface area contributed by atoms with Crippen LogP contribution in [0.3, 0.4) is 0 Å². The Morgan fingerprint density at radius 1 is 0.600 bits per heavy atom. The summed E-state index contributed by atoms with van der Waals surface area (Å²) in [6.45, 7) is 0.320. The highest BCUT2D eigenvalue weighted by Gasteiger charge is 2.02. The summed E-state index contributed by atoms with van der Waals surface area (Å²) in [4.78, 5) is 41.4. The van der Waals surface area contributed by atoms with Crippen LogP contribution in [0.1, 0.15) is 64.2 Å². The van der Waals surface area contributed by atoms with Crippen LogP contribution in [-0.4, -0.2) is 24.9 Å². The molecular weight excluding hydrogens is 264 g/mol. The summed E-state index contributed by atoms with van der Waals surface area (Å²) in [5.74, 6) is -0.940. The van der Waals surface area contributed by atoms with Gasteiger partial charge >= 0.3 is 24.9 Å². The first kappa shape index (κ1) is 18.3. The number of hydrogen-bond donors (Lipinski definition) is 0. The van der Waals surface area contributed by atoms with Crippen molar-refractivity contribution in [2.75, 3.05) is 0 Å². The quantitative estimate of drug-likeness (QED) is 0.223. The smallest absolute Gasteiger partial charge is 0.313 e. The molecule has 0 radical (unpaired) electrons. The van der Waals surface area contributed by atoms with Crippen molar-refractivity contribution in [1.29, 1.82) is 0 Å². The molecule has 0 rings (SSSR count). The van der Waals surface area contributed by atoms with Crippen molar-refractivity contribution < 1.29 is 28.7 Å². The van der Waals surface area contributed by atoms with Gasteiger partial charge in [0.05, 0.1) is 0 Å². The third-order valence-corrected chi connectivity index (χ3v) is 2.87. The fourth-order valence-corrected chi connectivity index (χ4v) is 1.82. The van der Waals surface area contributed by atoms with Crippen LogP contribution in [0.4, 0.5) is 0 Å². The Bertz CT molecular complexity index is 270. The van der Waals surface area contributed by atoms with Crippen molar-refractivity contribution in [2.24, 2.45) is 0 Å². The Kier molecular flexibility index (Phi) is 12.5. The molecule has 0 aliphatic carbocycles. The van der Waals surface area contributed by atoms with Crippen molar-refractivity contribution in [2.45, 2.75) is 64.2 Å². The predicted octanol–water partition coefficient (Wildman–Crippen LogP) is 2.29. The summed E-state index contributed by atoms with van der Waals surface area (Å²) < 4.78 is 8.34. The molecule has 0 unspecified atom stereocenters. The number of carbonyl (C=O) groups excluding carboxylic acids is 4. The molecule has 0 aliphatic rings. The van der Waals surface area contributed by atoms with Crippen molar-refractivity contribution in [3.05, 3.63) is 0 Å². The monoisotopic (exact) mass is 286 g/mol. The molecule has 0 bridgehead atoms. The van der Waals surface area contributed by atoms with Crippen molar-refractivity contribution in [1.82, 2.24) is 0 Å². The molecule has 0 aliphatic heterocycles. The van der Waals surface area contributed by atoms with Gasteiger partial charge in [0.25, 0.3) is 0 Å². The Hall–Kier alpha value is -1.72. The lowest BCUT2D eigenvalue weighted by molar-refractivity contribution is -0.153. The van der Waals surface area contributed by atoms with Gasteiger partial charge in [-0.25, -0.2) is 0 Å². The van der Waals surface area contributed by atoms with E-state index < -0.39 is 11.9 Å². The molecule has 0 atom stereocenters. The molecule has 0 saturated heterocycles. The summed E-state index contributed by atoms with van der Waals surface area (Å²) in [5.41, 5.74) is 0. The second-order valence-corrected chi connectivity index (χ2v) is 4.50. The molecular formula is C14H22O6. The maximum atomic E-state index is 10.8. The maximum absolute atomic E-state index is 10.8. The molecule has 0 N–H and O–H groups in total. The molecule has 114 valence electrons. The van der Waals surface area contributed by atoms with Crippen LogP contribution in [0.2, 0.25) is 0 Å². The molecule has 0 aromatic rings. The zero-order valence-electron chi connectivity index (χ0n) is 11.7. The maximum Gasteiger partial charge on any atom is 0.313 e. The average molecular weight is 286 g/mol. The number of ether oxygens (including phenoxy) is 2. The Morgan fingerprint density at radius 2 is 0.900 bits per heavy atom. The minimum absolute atomic E-state index is 0.160. The summed E-state index contributed by atoms with van der Waals surface area (Å²) in [7, 11) is 0. The van der Waals surface area contributed by atoms with E-state index in [0.717, 1.165) is 51.4 Å². The SMILES string of the molecule is O=COC(=O)CCCCCCCCCCC(=O)OC=O. The molecule has 0 amide bonds. The van der Waals surface area contributed by atoms with E-state index >= 15 is 0 Å². The summed E-state index contributed by atoms with van der Waals surface area (Å²) in [5, 5.41) is 0. The van der Waals surface area contributed by atoms with Gasteiger partial charge in [0.1, 0.15) is 0 Å². The molecule has 0 aromatic heterocycles. The van der Waals surface area contributed by atoms with Crippen LogP contribution in [0.5, 0.6) is 0 Å². The summed E-state index contributed by atoms with van der Waals surface area (Å²) in [6, 6.07) is 0. The lowest BCUT2D eigenvalue weighted by Gasteiger charge is -2.01. The molecule has 6 heteroatoms. The van der Waals surface area contributed by atoms with E-state index in [-0.39, 0.29) is 25.8 Å². The number of hydrogen-bond acceptors (Lipinski definition) is 6. The normalized spacial score (nSPS) is 9.80. The van der Waals surface area contributed by atoms with Gasteiger partial charge in [-0.1, -0.05) is 38.5 Å². The number of carbonyl (C=O) groups is 4. The van der Waals surface area contributed by atoms with Gasteiger partial charge in [0.2, 0.25) is 0 Å². The predicted molar refractivity (Wildman–Crippen MR) is 70.5 cm³/mol. The minimum Gasteiger partial charge on any atom is -0.395 e. The average Bonchev–Trinajstić information content (AvgIpc) is 2.41. The highest BCUT2D eigenvalue weighted by Crippen LogP contribution is 2.11. The van der Waals surface area contributed by atoms with Gasteiger partial charge < -0.3 is 9.47 Å². The van der Waals surface area contributed by atoms with E-state index in [0.29, 0.717) is 0 Å². The fourth-order valence-electron chi connectivity index (χ4n) is 1.82. The molecule has 0 heterocycles. The molecule has 0 saturated carbocycles. The molecule has 0 fully saturated rings. The van der Waals surface area contributed by atoms with E-state index in [9.17, 15) is 19.2 Å². The molecule has 20 heavy (non-hydrogen) atoms.